The third-order valence-electron chi connectivity index (χ3n) is 7.02. The molecule has 202 valence electrons. The van der Waals surface area contributed by atoms with Gasteiger partial charge in [0.1, 0.15) is 17.5 Å². The lowest BCUT2D eigenvalue weighted by atomic mass is 9.81. The molecule has 2 heterocycles. The second-order valence-electron chi connectivity index (χ2n) is 10.4. The number of imidazole rings is 1. The standard InChI is InChI=1S/C27H37F2N5O3/c1-15(2)11-20(25(30)36)21(13-24(35)34-10-6-5-7-16(34)3)27(37)32-17(4)26-31-14-23(33-26)19-9-8-18(28)12-22(19)29/h8-9,12,14-17,20-21H,5-7,10-11,13H2,1-4H3,(H2,30,36)(H,31,33)(H,32,37)/t16-,17-,20?,21-/m0/s1. The summed E-state index contributed by atoms with van der Waals surface area (Å²) in [6.45, 7) is 8.18. The normalized spacial score (nSPS) is 18.4. The number of likely N-dealkylation sites (tertiary alicyclic amines) is 1. The molecule has 1 aliphatic rings. The highest BCUT2D eigenvalue weighted by Gasteiger charge is 2.37. The van der Waals surface area contributed by atoms with Gasteiger partial charge in [0.2, 0.25) is 17.7 Å². The maximum absolute atomic E-state index is 14.2. The van der Waals surface area contributed by atoms with Crippen molar-refractivity contribution in [3.05, 3.63) is 41.9 Å². The van der Waals surface area contributed by atoms with Crippen molar-refractivity contribution in [2.24, 2.45) is 23.5 Å². The van der Waals surface area contributed by atoms with E-state index >= 15 is 0 Å². The fourth-order valence-corrected chi connectivity index (χ4v) is 4.97. The Morgan fingerprint density at radius 1 is 1.19 bits per heavy atom. The smallest absolute Gasteiger partial charge is 0.225 e. The first-order valence-electron chi connectivity index (χ1n) is 12.9. The van der Waals surface area contributed by atoms with Gasteiger partial charge < -0.3 is 20.9 Å². The molecule has 1 fully saturated rings. The number of piperidine rings is 1. The second kappa shape index (κ2) is 12.3. The summed E-state index contributed by atoms with van der Waals surface area (Å²) in [4.78, 5) is 48.1. The van der Waals surface area contributed by atoms with Crippen LogP contribution in [0, 0.1) is 29.4 Å². The summed E-state index contributed by atoms with van der Waals surface area (Å²) in [5.74, 6) is -3.99. The van der Waals surface area contributed by atoms with Gasteiger partial charge in [0.15, 0.2) is 0 Å². The van der Waals surface area contributed by atoms with Gasteiger partial charge >= 0.3 is 0 Å². The van der Waals surface area contributed by atoms with Gasteiger partial charge in [-0.15, -0.1) is 0 Å². The molecule has 0 saturated carbocycles. The number of H-pyrrole nitrogens is 1. The van der Waals surface area contributed by atoms with Crippen LogP contribution < -0.4 is 11.1 Å². The molecule has 1 unspecified atom stereocenters. The van der Waals surface area contributed by atoms with Crippen molar-refractivity contribution < 1.29 is 23.2 Å². The summed E-state index contributed by atoms with van der Waals surface area (Å²) >= 11 is 0. The predicted molar refractivity (Wildman–Crippen MR) is 136 cm³/mol. The molecule has 1 aromatic carbocycles. The van der Waals surface area contributed by atoms with Crippen LogP contribution >= 0.6 is 0 Å². The highest BCUT2D eigenvalue weighted by molar-refractivity contribution is 5.91. The Morgan fingerprint density at radius 2 is 1.92 bits per heavy atom. The van der Waals surface area contributed by atoms with Crippen molar-refractivity contribution >= 4 is 17.7 Å². The van der Waals surface area contributed by atoms with E-state index in [0.717, 1.165) is 31.4 Å². The van der Waals surface area contributed by atoms with Gasteiger partial charge in [0.05, 0.1) is 29.8 Å². The number of hydrogen-bond acceptors (Lipinski definition) is 4. The number of hydrogen-bond donors (Lipinski definition) is 3. The number of aromatic amines is 1. The lowest BCUT2D eigenvalue weighted by Gasteiger charge is -2.35. The first-order chi connectivity index (χ1) is 17.5. The zero-order valence-electron chi connectivity index (χ0n) is 21.9. The highest BCUT2D eigenvalue weighted by atomic mass is 19.1. The highest BCUT2D eigenvalue weighted by Crippen LogP contribution is 2.28. The van der Waals surface area contributed by atoms with E-state index in [9.17, 15) is 23.2 Å². The third-order valence-corrected chi connectivity index (χ3v) is 7.02. The van der Waals surface area contributed by atoms with Crippen molar-refractivity contribution in [3.8, 4) is 11.3 Å². The van der Waals surface area contributed by atoms with Crippen molar-refractivity contribution in [2.75, 3.05) is 6.54 Å². The number of nitrogens with one attached hydrogen (secondary N) is 2. The zero-order valence-corrected chi connectivity index (χ0v) is 21.9. The minimum absolute atomic E-state index is 0.0782. The largest absolute Gasteiger partial charge is 0.369 e. The van der Waals surface area contributed by atoms with Crippen LogP contribution in [-0.2, 0) is 14.4 Å². The van der Waals surface area contributed by atoms with E-state index < -0.39 is 41.3 Å². The molecule has 10 heteroatoms. The van der Waals surface area contributed by atoms with Crippen LogP contribution in [0.25, 0.3) is 11.3 Å². The Labute approximate surface area is 216 Å². The topological polar surface area (TPSA) is 121 Å². The lowest BCUT2D eigenvalue weighted by molar-refractivity contribution is -0.142. The van der Waals surface area contributed by atoms with Crippen LogP contribution in [0.5, 0.6) is 0 Å². The Morgan fingerprint density at radius 3 is 2.54 bits per heavy atom. The molecule has 0 spiro atoms. The first kappa shape index (κ1) is 28.3. The molecule has 0 aliphatic carbocycles. The van der Waals surface area contributed by atoms with Crippen molar-refractivity contribution in [1.82, 2.24) is 20.2 Å². The van der Waals surface area contributed by atoms with Crippen LogP contribution in [0.15, 0.2) is 24.4 Å². The Hall–Kier alpha value is -3.30. The molecule has 1 saturated heterocycles. The number of benzene rings is 1. The summed E-state index contributed by atoms with van der Waals surface area (Å²) < 4.78 is 27.5. The van der Waals surface area contributed by atoms with Crippen LogP contribution in [-0.4, -0.2) is 45.2 Å². The van der Waals surface area contributed by atoms with Crippen LogP contribution in [0.1, 0.15) is 71.7 Å². The van der Waals surface area contributed by atoms with Gasteiger partial charge in [-0.25, -0.2) is 13.8 Å². The van der Waals surface area contributed by atoms with E-state index in [2.05, 4.69) is 15.3 Å². The van der Waals surface area contributed by atoms with Crippen LogP contribution in [0.4, 0.5) is 8.78 Å². The van der Waals surface area contributed by atoms with Gasteiger partial charge in [-0.2, -0.15) is 0 Å². The Bertz CT molecular complexity index is 1120. The predicted octanol–water partition coefficient (Wildman–Crippen LogP) is 4.09. The van der Waals surface area contributed by atoms with E-state index in [-0.39, 0.29) is 29.9 Å². The van der Waals surface area contributed by atoms with Crippen LogP contribution in [0.3, 0.4) is 0 Å². The van der Waals surface area contributed by atoms with Gasteiger partial charge in [-0.3, -0.25) is 14.4 Å². The number of aromatic nitrogens is 2. The number of amides is 3. The number of halogens is 2. The molecular formula is C27H37F2N5O3. The minimum Gasteiger partial charge on any atom is -0.369 e. The number of primary amides is 1. The molecule has 4 atom stereocenters. The van der Waals surface area contributed by atoms with E-state index in [1.807, 2.05) is 20.8 Å². The van der Waals surface area contributed by atoms with E-state index in [0.29, 0.717) is 24.5 Å². The van der Waals surface area contributed by atoms with Crippen molar-refractivity contribution in [3.63, 3.8) is 0 Å². The Balaban J connectivity index is 1.80. The van der Waals surface area contributed by atoms with Crippen molar-refractivity contribution in [1.29, 1.82) is 0 Å². The maximum atomic E-state index is 14.2. The molecule has 37 heavy (non-hydrogen) atoms. The number of carbonyl (C=O) groups excluding carboxylic acids is 3. The van der Waals surface area contributed by atoms with E-state index in [1.54, 1.807) is 11.8 Å². The first-order valence-corrected chi connectivity index (χ1v) is 12.9. The summed E-state index contributed by atoms with van der Waals surface area (Å²) in [6, 6.07) is 2.67. The summed E-state index contributed by atoms with van der Waals surface area (Å²) in [5.41, 5.74) is 6.19. The number of nitrogens with zero attached hydrogens (tertiary/aromatic N) is 2. The summed E-state index contributed by atoms with van der Waals surface area (Å²) in [5, 5.41) is 2.85. The number of carbonyl (C=O) groups is 3. The van der Waals surface area contributed by atoms with Gasteiger partial charge in [0, 0.05) is 30.6 Å². The molecule has 4 N–H and O–H groups in total. The second-order valence-corrected chi connectivity index (χ2v) is 10.4. The minimum atomic E-state index is -0.937. The molecule has 1 aliphatic heterocycles. The van der Waals surface area contributed by atoms with Gasteiger partial charge in [-0.1, -0.05) is 13.8 Å². The van der Waals surface area contributed by atoms with Crippen LogP contribution in [0.2, 0.25) is 0 Å². The van der Waals surface area contributed by atoms with Crippen molar-refractivity contribution in [2.45, 2.75) is 71.9 Å². The fraction of sp³-hybridized carbons (Fsp3) is 0.556. The SMILES string of the molecule is CC(C)CC(C(N)=O)[C@H](CC(=O)N1CCCC[C@@H]1C)C(=O)N[C@@H](C)c1ncc(-c2ccc(F)cc2F)[nH]1. The number of nitrogens with two attached hydrogens (primary N) is 1. The van der Waals surface area contributed by atoms with E-state index in [4.69, 9.17) is 5.73 Å². The molecule has 1 aromatic heterocycles. The molecule has 0 radical (unpaired) electrons. The number of rotatable bonds is 10. The molecule has 3 rings (SSSR count). The average Bonchev–Trinajstić information content (AvgIpc) is 3.31. The quantitative estimate of drug-likeness (QED) is 0.440. The molecule has 2 aromatic rings. The lowest BCUT2D eigenvalue weighted by Crippen LogP contribution is -2.47. The average molecular weight is 518 g/mol. The fourth-order valence-electron chi connectivity index (χ4n) is 4.97. The molecule has 3 amide bonds. The van der Waals surface area contributed by atoms with Gasteiger partial charge in [-0.05, 0) is 57.6 Å². The summed E-state index contributed by atoms with van der Waals surface area (Å²) in [7, 11) is 0. The molecular weight excluding hydrogens is 480 g/mol. The molecule has 8 nitrogen and oxygen atoms in total. The Kier molecular flexibility index (Phi) is 9.39. The zero-order chi connectivity index (χ0) is 27.3. The third kappa shape index (κ3) is 7.14. The monoisotopic (exact) mass is 517 g/mol. The maximum Gasteiger partial charge on any atom is 0.225 e. The van der Waals surface area contributed by atoms with Gasteiger partial charge in [0.25, 0.3) is 0 Å². The summed E-state index contributed by atoms with van der Waals surface area (Å²) in [6.07, 6.45) is 4.52. The molecule has 0 bridgehead atoms. The van der Waals surface area contributed by atoms with E-state index in [1.165, 1.54) is 12.3 Å².